The molecule has 1 aromatic carbocycles. The van der Waals surface area contributed by atoms with Crippen LogP contribution >= 0.6 is 11.6 Å². The summed E-state index contributed by atoms with van der Waals surface area (Å²) in [5.74, 6) is 0.135. The smallest absolute Gasteiger partial charge is 0.127 e. The van der Waals surface area contributed by atoms with Gasteiger partial charge in [0.25, 0.3) is 0 Å². The number of anilines is 1. The van der Waals surface area contributed by atoms with Crippen molar-refractivity contribution in [3.05, 3.63) is 46.9 Å². The molecule has 1 aromatic heterocycles. The quantitative estimate of drug-likeness (QED) is 0.824. The Morgan fingerprint density at radius 2 is 2.06 bits per heavy atom. The van der Waals surface area contributed by atoms with Gasteiger partial charge < -0.3 is 5.73 Å². The molecule has 16 heavy (non-hydrogen) atoms. The first-order valence-corrected chi connectivity index (χ1v) is 5.13. The maximum Gasteiger partial charge on any atom is 0.127 e. The lowest BCUT2D eigenvalue weighted by atomic mass is 10.0. The molecule has 0 radical (unpaired) electrons. The van der Waals surface area contributed by atoms with Crippen molar-refractivity contribution >= 4 is 17.4 Å². The Hall–Kier alpha value is -1.61. The van der Waals surface area contributed by atoms with Crippen LogP contribution in [0.25, 0.3) is 11.1 Å². The molecule has 0 aliphatic carbocycles. The van der Waals surface area contributed by atoms with Crippen molar-refractivity contribution in [1.29, 1.82) is 0 Å². The lowest BCUT2D eigenvalue weighted by Gasteiger charge is -2.06. The number of pyridine rings is 1. The number of hydrogen-bond acceptors (Lipinski definition) is 2. The Bertz CT molecular complexity index is 523. The summed E-state index contributed by atoms with van der Waals surface area (Å²) >= 11 is 5.98. The standard InChI is InChI=1S/C12H10ClFN2/c1-7-4-9(10(13)5-11(7)14)8-2-3-12(15)16-6-8/h2-6H,1H3,(H2,15,16). The first-order chi connectivity index (χ1) is 7.58. The summed E-state index contributed by atoms with van der Waals surface area (Å²) < 4.78 is 13.2. The van der Waals surface area contributed by atoms with Gasteiger partial charge in [0.05, 0.1) is 5.02 Å². The van der Waals surface area contributed by atoms with Gasteiger partial charge >= 0.3 is 0 Å². The summed E-state index contributed by atoms with van der Waals surface area (Å²) in [4.78, 5) is 3.97. The van der Waals surface area contributed by atoms with E-state index in [9.17, 15) is 4.39 Å². The van der Waals surface area contributed by atoms with Gasteiger partial charge in [-0.05, 0) is 36.8 Å². The molecule has 2 nitrogen and oxygen atoms in total. The second-order valence-electron chi connectivity index (χ2n) is 3.55. The van der Waals surface area contributed by atoms with Gasteiger partial charge in [-0.15, -0.1) is 0 Å². The number of aromatic nitrogens is 1. The van der Waals surface area contributed by atoms with Crippen LogP contribution in [-0.2, 0) is 0 Å². The monoisotopic (exact) mass is 236 g/mol. The van der Waals surface area contributed by atoms with Gasteiger partial charge in [-0.3, -0.25) is 0 Å². The second-order valence-corrected chi connectivity index (χ2v) is 3.96. The number of nitrogens with two attached hydrogens (primary N) is 1. The lowest BCUT2D eigenvalue weighted by molar-refractivity contribution is 0.619. The third-order valence-electron chi connectivity index (χ3n) is 2.35. The number of halogens is 2. The van der Waals surface area contributed by atoms with Gasteiger partial charge in [-0.1, -0.05) is 11.6 Å². The summed E-state index contributed by atoms with van der Waals surface area (Å²) in [5.41, 5.74) is 7.62. The molecule has 0 aliphatic rings. The maximum atomic E-state index is 13.2. The zero-order valence-corrected chi connectivity index (χ0v) is 9.42. The second kappa shape index (κ2) is 4.10. The minimum Gasteiger partial charge on any atom is -0.384 e. The molecule has 2 aromatic rings. The highest BCUT2D eigenvalue weighted by molar-refractivity contribution is 6.33. The van der Waals surface area contributed by atoms with Crippen LogP contribution in [0.5, 0.6) is 0 Å². The van der Waals surface area contributed by atoms with Gasteiger partial charge in [-0.25, -0.2) is 9.37 Å². The van der Waals surface area contributed by atoms with E-state index in [1.54, 1.807) is 31.3 Å². The minimum absolute atomic E-state index is 0.308. The van der Waals surface area contributed by atoms with Gasteiger partial charge in [0, 0.05) is 17.3 Å². The molecular weight excluding hydrogens is 227 g/mol. The molecule has 4 heteroatoms. The van der Waals surface area contributed by atoms with E-state index in [1.165, 1.54) is 6.07 Å². The van der Waals surface area contributed by atoms with E-state index in [-0.39, 0.29) is 5.82 Å². The Balaban J connectivity index is 2.56. The predicted octanol–water partition coefficient (Wildman–Crippen LogP) is 3.43. The Morgan fingerprint density at radius 1 is 1.31 bits per heavy atom. The van der Waals surface area contributed by atoms with Crippen molar-refractivity contribution < 1.29 is 4.39 Å². The highest BCUT2D eigenvalue weighted by Gasteiger charge is 2.07. The molecule has 0 atom stereocenters. The highest BCUT2D eigenvalue weighted by atomic mass is 35.5. The van der Waals surface area contributed by atoms with Crippen molar-refractivity contribution in [2.45, 2.75) is 6.92 Å². The lowest BCUT2D eigenvalue weighted by Crippen LogP contribution is -1.91. The molecule has 0 unspecified atom stereocenters. The number of benzene rings is 1. The van der Waals surface area contributed by atoms with E-state index in [4.69, 9.17) is 17.3 Å². The van der Waals surface area contributed by atoms with Crippen LogP contribution < -0.4 is 5.73 Å². The van der Waals surface area contributed by atoms with Crippen molar-refractivity contribution in [2.75, 3.05) is 5.73 Å². The molecule has 82 valence electrons. The third-order valence-corrected chi connectivity index (χ3v) is 2.66. The molecule has 0 spiro atoms. The molecule has 2 rings (SSSR count). The Labute approximate surface area is 97.9 Å². The molecule has 0 saturated heterocycles. The van der Waals surface area contributed by atoms with E-state index in [0.29, 0.717) is 16.4 Å². The average molecular weight is 237 g/mol. The first kappa shape index (κ1) is 10.9. The van der Waals surface area contributed by atoms with Gasteiger partial charge in [0.15, 0.2) is 0 Å². The van der Waals surface area contributed by atoms with Crippen LogP contribution in [0.3, 0.4) is 0 Å². The van der Waals surface area contributed by atoms with Crippen molar-refractivity contribution in [3.63, 3.8) is 0 Å². The van der Waals surface area contributed by atoms with Crippen LogP contribution in [0.1, 0.15) is 5.56 Å². The number of aryl methyl sites for hydroxylation is 1. The molecule has 0 amide bonds. The van der Waals surface area contributed by atoms with E-state index >= 15 is 0 Å². The fourth-order valence-electron chi connectivity index (χ4n) is 1.44. The zero-order chi connectivity index (χ0) is 11.7. The highest BCUT2D eigenvalue weighted by Crippen LogP contribution is 2.29. The summed E-state index contributed by atoms with van der Waals surface area (Å²) in [7, 11) is 0. The van der Waals surface area contributed by atoms with E-state index in [2.05, 4.69) is 4.98 Å². The van der Waals surface area contributed by atoms with Crippen LogP contribution in [0.2, 0.25) is 5.02 Å². The van der Waals surface area contributed by atoms with Crippen LogP contribution in [-0.4, -0.2) is 4.98 Å². The topological polar surface area (TPSA) is 38.9 Å². The fraction of sp³-hybridized carbons (Fsp3) is 0.0833. The van der Waals surface area contributed by atoms with Gasteiger partial charge in [0.2, 0.25) is 0 Å². The zero-order valence-electron chi connectivity index (χ0n) is 8.67. The number of nitrogens with zero attached hydrogens (tertiary/aromatic N) is 1. The molecule has 0 saturated carbocycles. The number of nitrogen functional groups attached to an aromatic ring is 1. The molecule has 0 aliphatic heterocycles. The Morgan fingerprint density at radius 3 is 2.69 bits per heavy atom. The number of hydrogen-bond donors (Lipinski definition) is 1. The fourth-order valence-corrected chi connectivity index (χ4v) is 1.70. The molecule has 1 heterocycles. The normalized spacial score (nSPS) is 10.4. The molecule has 2 N–H and O–H groups in total. The maximum absolute atomic E-state index is 13.2. The SMILES string of the molecule is Cc1cc(-c2ccc(N)nc2)c(Cl)cc1F. The summed E-state index contributed by atoms with van der Waals surface area (Å²) in [6.07, 6.45) is 1.62. The molecular formula is C12H10ClFN2. The van der Waals surface area contributed by atoms with Crippen molar-refractivity contribution in [2.24, 2.45) is 0 Å². The van der Waals surface area contributed by atoms with Gasteiger partial charge in [0.1, 0.15) is 11.6 Å². The third kappa shape index (κ3) is 1.99. The molecule has 0 bridgehead atoms. The molecule has 0 fully saturated rings. The van der Waals surface area contributed by atoms with Crippen molar-refractivity contribution in [1.82, 2.24) is 4.98 Å². The van der Waals surface area contributed by atoms with E-state index < -0.39 is 0 Å². The van der Waals surface area contributed by atoms with Crippen LogP contribution in [0, 0.1) is 12.7 Å². The predicted molar refractivity (Wildman–Crippen MR) is 63.8 cm³/mol. The van der Waals surface area contributed by atoms with Crippen LogP contribution in [0.15, 0.2) is 30.5 Å². The largest absolute Gasteiger partial charge is 0.384 e. The average Bonchev–Trinajstić information content (AvgIpc) is 2.25. The van der Waals surface area contributed by atoms with Crippen LogP contribution in [0.4, 0.5) is 10.2 Å². The van der Waals surface area contributed by atoms with Crippen molar-refractivity contribution in [3.8, 4) is 11.1 Å². The Kier molecular flexibility index (Phi) is 2.79. The summed E-state index contributed by atoms with van der Waals surface area (Å²) in [5, 5.41) is 0.370. The van der Waals surface area contributed by atoms with E-state index in [0.717, 1.165) is 11.1 Å². The van der Waals surface area contributed by atoms with E-state index in [1.807, 2.05) is 0 Å². The minimum atomic E-state index is -0.308. The first-order valence-electron chi connectivity index (χ1n) is 4.75. The number of rotatable bonds is 1. The van der Waals surface area contributed by atoms with Gasteiger partial charge in [-0.2, -0.15) is 0 Å². The summed E-state index contributed by atoms with van der Waals surface area (Å²) in [6, 6.07) is 6.50. The summed E-state index contributed by atoms with van der Waals surface area (Å²) in [6.45, 7) is 1.69.